The third-order valence-electron chi connectivity index (χ3n) is 3.10. The van der Waals surface area contributed by atoms with E-state index in [4.69, 9.17) is 9.47 Å². The lowest BCUT2D eigenvalue weighted by Gasteiger charge is -2.12. The Bertz CT molecular complexity index is 411. The number of rotatable bonds is 4. The first-order chi connectivity index (χ1) is 8.26. The summed E-state index contributed by atoms with van der Waals surface area (Å²) in [5.74, 6) is 1.48. The number of nitrogens with one attached hydrogen (secondary N) is 1. The summed E-state index contributed by atoms with van der Waals surface area (Å²) < 4.78 is 10.4. The van der Waals surface area contributed by atoms with Gasteiger partial charge >= 0.3 is 0 Å². The van der Waals surface area contributed by atoms with E-state index in [1.807, 2.05) is 0 Å². The van der Waals surface area contributed by atoms with Crippen LogP contribution in [-0.4, -0.2) is 33.1 Å². The van der Waals surface area contributed by atoms with E-state index in [-0.39, 0.29) is 11.7 Å². The minimum Gasteiger partial charge on any atom is -0.497 e. The van der Waals surface area contributed by atoms with E-state index in [0.717, 1.165) is 19.5 Å². The monoisotopic (exact) mass is 235 g/mol. The molecule has 0 radical (unpaired) electrons. The molecule has 1 unspecified atom stereocenters. The van der Waals surface area contributed by atoms with Crippen LogP contribution in [0.2, 0.25) is 0 Å². The third-order valence-corrected chi connectivity index (χ3v) is 3.10. The van der Waals surface area contributed by atoms with Crippen LogP contribution in [0.1, 0.15) is 16.8 Å². The fourth-order valence-corrected chi connectivity index (χ4v) is 2.10. The molecular formula is C13H17NO3. The number of ether oxygens (including phenoxy) is 2. The average molecular weight is 235 g/mol. The van der Waals surface area contributed by atoms with E-state index >= 15 is 0 Å². The Hall–Kier alpha value is -1.55. The van der Waals surface area contributed by atoms with Crippen LogP contribution in [0.15, 0.2) is 18.2 Å². The van der Waals surface area contributed by atoms with Crippen molar-refractivity contribution in [2.45, 2.75) is 6.42 Å². The molecule has 0 saturated carbocycles. The van der Waals surface area contributed by atoms with Crippen molar-refractivity contribution >= 4 is 5.78 Å². The molecular weight excluding hydrogens is 218 g/mol. The van der Waals surface area contributed by atoms with Crippen molar-refractivity contribution in [2.75, 3.05) is 27.3 Å². The van der Waals surface area contributed by atoms with Crippen LogP contribution < -0.4 is 14.8 Å². The number of hydrogen-bond donors (Lipinski definition) is 1. The molecule has 2 rings (SSSR count). The van der Waals surface area contributed by atoms with Crippen molar-refractivity contribution in [3.05, 3.63) is 23.8 Å². The van der Waals surface area contributed by atoms with Gasteiger partial charge < -0.3 is 14.8 Å². The van der Waals surface area contributed by atoms with Gasteiger partial charge in [0.2, 0.25) is 0 Å². The second-order valence-corrected chi connectivity index (χ2v) is 4.12. The lowest BCUT2D eigenvalue weighted by molar-refractivity contribution is 0.0927. The molecule has 1 atom stereocenters. The normalized spacial score (nSPS) is 19.1. The molecule has 4 nitrogen and oxygen atoms in total. The SMILES string of the molecule is COc1ccc(OC)c(C(=O)C2CCNC2)c1. The molecule has 0 amide bonds. The van der Waals surface area contributed by atoms with Gasteiger partial charge in [-0.1, -0.05) is 0 Å². The Morgan fingerprint density at radius 1 is 1.35 bits per heavy atom. The predicted molar refractivity (Wildman–Crippen MR) is 64.9 cm³/mol. The van der Waals surface area contributed by atoms with Crippen molar-refractivity contribution in [3.63, 3.8) is 0 Å². The van der Waals surface area contributed by atoms with Crippen LogP contribution >= 0.6 is 0 Å². The summed E-state index contributed by atoms with van der Waals surface area (Å²) >= 11 is 0. The van der Waals surface area contributed by atoms with Gasteiger partial charge in [-0.15, -0.1) is 0 Å². The number of benzene rings is 1. The van der Waals surface area contributed by atoms with Crippen molar-refractivity contribution in [1.82, 2.24) is 5.32 Å². The molecule has 1 aromatic rings. The van der Waals surface area contributed by atoms with E-state index in [1.165, 1.54) is 0 Å². The van der Waals surface area contributed by atoms with Gasteiger partial charge in [-0.2, -0.15) is 0 Å². The predicted octanol–water partition coefficient (Wildman–Crippen LogP) is 1.50. The molecule has 17 heavy (non-hydrogen) atoms. The number of ketones is 1. The zero-order chi connectivity index (χ0) is 12.3. The molecule has 0 aliphatic carbocycles. The maximum absolute atomic E-state index is 12.3. The Morgan fingerprint density at radius 3 is 2.76 bits per heavy atom. The van der Waals surface area contributed by atoms with Crippen LogP contribution in [-0.2, 0) is 0 Å². The largest absolute Gasteiger partial charge is 0.497 e. The van der Waals surface area contributed by atoms with Crippen LogP contribution in [0.5, 0.6) is 11.5 Å². The highest BCUT2D eigenvalue weighted by atomic mass is 16.5. The van der Waals surface area contributed by atoms with Crippen LogP contribution in [0.3, 0.4) is 0 Å². The molecule has 1 fully saturated rings. The summed E-state index contributed by atoms with van der Waals surface area (Å²) in [6, 6.07) is 5.32. The smallest absolute Gasteiger partial charge is 0.171 e. The van der Waals surface area contributed by atoms with Crippen molar-refractivity contribution in [1.29, 1.82) is 0 Å². The number of carbonyl (C=O) groups is 1. The van der Waals surface area contributed by atoms with Crippen molar-refractivity contribution in [2.24, 2.45) is 5.92 Å². The molecule has 1 aliphatic heterocycles. The zero-order valence-corrected chi connectivity index (χ0v) is 10.2. The van der Waals surface area contributed by atoms with Crippen molar-refractivity contribution < 1.29 is 14.3 Å². The lowest BCUT2D eigenvalue weighted by atomic mass is 9.96. The number of carbonyl (C=O) groups excluding carboxylic acids is 1. The molecule has 0 bridgehead atoms. The molecule has 0 spiro atoms. The van der Waals surface area contributed by atoms with E-state index in [1.54, 1.807) is 32.4 Å². The number of hydrogen-bond acceptors (Lipinski definition) is 4. The van der Waals surface area contributed by atoms with E-state index in [9.17, 15) is 4.79 Å². The summed E-state index contributed by atoms with van der Waals surface area (Å²) in [4.78, 5) is 12.3. The van der Waals surface area contributed by atoms with Crippen LogP contribution in [0, 0.1) is 5.92 Å². The van der Waals surface area contributed by atoms with E-state index < -0.39 is 0 Å². The highest BCUT2D eigenvalue weighted by molar-refractivity contribution is 6.01. The minimum atomic E-state index is 0.0519. The number of methoxy groups -OCH3 is 2. The fraction of sp³-hybridized carbons (Fsp3) is 0.462. The second kappa shape index (κ2) is 5.19. The van der Waals surface area contributed by atoms with Crippen LogP contribution in [0.25, 0.3) is 0 Å². The first kappa shape index (κ1) is 11.9. The lowest BCUT2D eigenvalue weighted by Crippen LogP contribution is -2.18. The summed E-state index contributed by atoms with van der Waals surface area (Å²) in [5.41, 5.74) is 0.612. The summed E-state index contributed by atoms with van der Waals surface area (Å²) in [5, 5.41) is 3.20. The maximum atomic E-state index is 12.3. The second-order valence-electron chi connectivity index (χ2n) is 4.12. The van der Waals surface area contributed by atoms with Gasteiger partial charge in [0, 0.05) is 12.5 Å². The van der Waals surface area contributed by atoms with Gasteiger partial charge in [-0.05, 0) is 31.2 Å². The maximum Gasteiger partial charge on any atom is 0.171 e. The van der Waals surface area contributed by atoms with E-state index in [0.29, 0.717) is 17.1 Å². The molecule has 1 N–H and O–H groups in total. The summed E-state index contributed by atoms with van der Waals surface area (Å²) in [7, 11) is 3.17. The Labute approximate surface area is 101 Å². The van der Waals surface area contributed by atoms with Crippen molar-refractivity contribution in [3.8, 4) is 11.5 Å². The molecule has 0 aromatic heterocycles. The first-order valence-electron chi connectivity index (χ1n) is 5.73. The fourth-order valence-electron chi connectivity index (χ4n) is 2.10. The third kappa shape index (κ3) is 2.42. The Kier molecular flexibility index (Phi) is 3.64. The van der Waals surface area contributed by atoms with Gasteiger partial charge in [0.25, 0.3) is 0 Å². The minimum absolute atomic E-state index is 0.0519. The van der Waals surface area contributed by atoms with Gasteiger partial charge in [-0.25, -0.2) is 0 Å². The molecule has 1 heterocycles. The summed E-state index contributed by atoms with van der Waals surface area (Å²) in [6.45, 7) is 1.65. The van der Waals surface area contributed by atoms with Gasteiger partial charge in [0.1, 0.15) is 11.5 Å². The highest BCUT2D eigenvalue weighted by Gasteiger charge is 2.26. The molecule has 1 aromatic carbocycles. The first-order valence-corrected chi connectivity index (χ1v) is 5.73. The standard InChI is InChI=1S/C13H17NO3/c1-16-10-3-4-12(17-2)11(7-10)13(15)9-5-6-14-8-9/h3-4,7,9,14H,5-6,8H2,1-2H3. The van der Waals surface area contributed by atoms with E-state index in [2.05, 4.69) is 5.32 Å². The zero-order valence-electron chi connectivity index (χ0n) is 10.2. The molecule has 1 aliphatic rings. The molecule has 92 valence electrons. The number of Topliss-reactive ketones (excluding diaryl/α,β-unsaturated/α-hetero) is 1. The average Bonchev–Trinajstić information content (AvgIpc) is 2.91. The molecule has 1 saturated heterocycles. The Morgan fingerprint density at radius 2 is 2.18 bits per heavy atom. The summed E-state index contributed by atoms with van der Waals surface area (Å²) in [6.07, 6.45) is 0.888. The molecule has 4 heteroatoms. The quantitative estimate of drug-likeness (QED) is 0.803. The van der Waals surface area contributed by atoms with Crippen LogP contribution in [0.4, 0.5) is 0 Å². The highest BCUT2D eigenvalue weighted by Crippen LogP contribution is 2.27. The van der Waals surface area contributed by atoms with Gasteiger partial charge in [0.05, 0.1) is 19.8 Å². The topological polar surface area (TPSA) is 47.6 Å². The Balaban J connectivity index is 2.30. The van der Waals surface area contributed by atoms with Gasteiger partial charge in [-0.3, -0.25) is 4.79 Å². The van der Waals surface area contributed by atoms with Gasteiger partial charge in [0.15, 0.2) is 5.78 Å².